The van der Waals surface area contributed by atoms with Gasteiger partial charge in [-0.3, -0.25) is 32.8 Å². The minimum absolute atomic E-state index is 0.00181. The first-order chi connectivity index (χ1) is 30.7. The largest absolute Gasteiger partial charge is 0.484 e. The number of ether oxygens (including phenoxy) is 2. The van der Waals surface area contributed by atoms with Crippen LogP contribution in [0, 0.1) is 0 Å². The van der Waals surface area contributed by atoms with Gasteiger partial charge in [-0.15, -0.1) is 0 Å². The number of pyridine rings is 1. The van der Waals surface area contributed by atoms with Crippen LogP contribution in [0.1, 0.15) is 31.8 Å². The summed E-state index contributed by atoms with van der Waals surface area (Å²) in [6.07, 6.45) is 0. The molecule has 0 radical (unpaired) electrons. The molecule has 6 aromatic carbocycles. The SMILES string of the molecule is Cn1c(=O)c(C(=O)c2cccc(S(=O)(=O)O)c2)c2c3c(c(Nc4cc(NC(=O)COc5cccc(Oc6ccccc6)c5)c(S(=O)(=O)O)cc4S(=O)(=O)O)ccc31)C(=O)c1ccccc1-2. The Kier molecular flexibility index (Phi) is 11.2. The summed E-state index contributed by atoms with van der Waals surface area (Å²) >= 11 is 0. The van der Waals surface area contributed by atoms with E-state index in [1.54, 1.807) is 48.5 Å². The van der Waals surface area contributed by atoms with Crippen LogP contribution in [-0.4, -0.2) is 67.6 Å². The first-order valence-electron chi connectivity index (χ1n) is 18.8. The first kappa shape index (κ1) is 44.1. The van der Waals surface area contributed by atoms with Gasteiger partial charge in [0.15, 0.2) is 18.2 Å². The molecular weight excluding hydrogens is 907 g/mol. The molecule has 5 N–H and O–H groups in total. The van der Waals surface area contributed by atoms with Gasteiger partial charge in [-0.05, 0) is 66.2 Å². The summed E-state index contributed by atoms with van der Waals surface area (Å²) in [6, 6.07) is 29.0. The lowest BCUT2D eigenvalue weighted by atomic mass is 9.80. The van der Waals surface area contributed by atoms with E-state index in [2.05, 4.69) is 10.6 Å². The Morgan fingerprint density at radius 1 is 0.615 bits per heavy atom. The third kappa shape index (κ3) is 8.61. The number of aromatic nitrogens is 1. The van der Waals surface area contributed by atoms with Crippen molar-refractivity contribution in [3.63, 3.8) is 0 Å². The van der Waals surface area contributed by atoms with E-state index in [0.717, 1.165) is 22.8 Å². The maximum absolute atomic E-state index is 14.5. The highest BCUT2D eigenvalue weighted by Crippen LogP contribution is 2.45. The summed E-state index contributed by atoms with van der Waals surface area (Å²) in [6.45, 7) is -0.742. The van der Waals surface area contributed by atoms with Crippen LogP contribution in [-0.2, 0) is 42.2 Å². The zero-order chi connectivity index (χ0) is 46.6. The van der Waals surface area contributed by atoms with Gasteiger partial charge in [-0.25, -0.2) is 0 Å². The Morgan fingerprint density at radius 3 is 1.94 bits per heavy atom. The number of carbonyl (C=O) groups is 3. The van der Waals surface area contributed by atoms with E-state index < -0.39 is 91.6 Å². The van der Waals surface area contributed by atoms with Gasteiger partial charge in [0.2, 0.25) is 0 Å². The second-order valence-electron chi connectivity index (χ2n) is 14.3. The molecular formula is C44H31N3O15S3. The number of rotatable bonds is 13. The van der Waals surface area contributed by atoms with Crippen molar-refractivity contribution in [2.75, 3.05) is 17.2 Å². The third-order valence-corrected chi connectivity index (χ3v) is 12.8. The maximum atomic E-state index is 14.5. The number of nitrogens with zero attached hydrogens (tertiary/aromatic N) is 1. The molecule has 0 bridgehead atoms. The molecule has 65 heavy (non-hydrogen) atoms. The molecule has 7 aromatic rings. The maximum Gasteiger partial charge on any atom is 0.296 e. The molecule has 0 aliphatic heterocycles. The van der Waals surface area contributed by atoms with Gasteiger partial charge in [0, 0.05) is 35.2 Å². The summed E-state index contributed by atoms with van der Waals surface area (Å²) in [5, 5.41) is 4.99. The smallest absolute Gasteiger partial charge is 0.296 e. The van der Waals surface area contributed by atoms with Crippen molar-refractivity contribution in [1.82, 2.24) is 4.57 Å². The number of fused-ring (bicyclic) bond motifs is 2. The van der Waals surface area contributed by atoms with Crippen molar-refractivity contribution in [1.29, 1.82) is 0 Å². The van der Waals surface area contributed by atoms with E-state index in [1.807, 2.05) is 0 Å². The molecule has 1 amide bonds. The van der Waals surface area contributed by atoms with Gasteiger partial charge in [0.05, 0.1) is 38.6 Å². The van der Waals surface area contributed by atoms with Crippen molar-refractivity contribution >= 4 is 75.8 Å². The van der Waals surface area contributed by atoms with E-state index in [1.165, 1.54) is 61.6 Å². The fourth-order valence-corrected chi connectivity index (χ4v) is 9.26. The van der Waals surface area contributed by atoms with E-state index in [0.29, 0.717) is 17.6 Å². The molecule has 21 heteroatoms. The van der Waals surface area contributed by atoms with Crippen molar-refractivity contribution < 1.29 is 62.8 Å². The van der Waals surface area contributed by atoms with Crippen LogP contribution in [0.15, 0.2) is 147 Å². The van der Waals surface area contributed by atoms with E-state index in [9.17, 15) is 58.1 Å². The van der Waals surface area contributed by atoms with Crippen molar-refractivity contribution in [2.24, 2.45) is 7.05 Å². The first-order valence-corrected chi connectivity index (χ1v) is 23.1. The lowest BCUT2D eigenvalue weighted by molar-refractivity contribution is -0.118. The fourth-order valence-electron chi connectivity index (χ4n) is 7.34. The number of aryl methyl sites for hydroxylation is 1. The lowest BCUT2D eigenvalue weighted by Gasteiger charge is -2.26. The molecule has 8 rings (SSSR count). The van der Waals surface area contributed by atoms with Gasteiger partial charge >= 0.3 is 0 Å². The van der Waals surface area contributed by atoms with E-state index in [-0.39, 0.29) is 50.2 Å². The summed E-state index contributed by atoms with van der Waals surface area (Å²) in [7, 11) is -14.2. The van der Waals surface area contributed by atoms with Gasteiger partial charge < -0.3 is 24.7 Å². The van der Waals surface area contributed by atoms with Crippen molar-refractivity contribution in [2.45, 2.75) is 14.7 Å². The molecule has 1 aromatic heterocycles. The number of benzene rings is 6. The highest BCUT2D eigenvalue weighted by atomic mass is 32.2. The molecule has 0 unspecified atom stereocenters. The van der Waals surface area contributed by atoms with Crippen LogP contribution in [0.4, 0.5) is 17.1 Å². The van der Waals surface area contributed by atoms with Gasteiger partial charge in [0.25, 0.3) is 41.8 Å². The summed E-state index contributed by atoms with van der Waals surface area (Å²) in [5.41, 5.74) is -3.22. The average Bonchev–Trinajstić information content (AvgIpc) is 3.25. The molecule has 0 saturated carbocycles. The Bertz CT molecular complexity index is 3590. The standard InChI is InChI=1S/C44H31N3O15S3/c1-47-34-18-17-31(39-40(34)38(29-15-5-6-16-30(29)43(39)50)41(44(47)51)42(49)24-9-7-14-28(19-24)63(52,53)54)45-32-21-33(36(65(58,59)60)22-35(32)64(55,56)57)46-37(48)23-61-26-12-8-13-27(20-26)62-25-10-3-2-4-11-25/h2-22,45H,23H2,1H3,(H,46,48)(H,52,53,54)(H,55,56,57)(H,58,59,60). The number of carbonyl (C=O) groups excluding carboxylic acids is 3. The highest BCUT2D eigenvalue weighted by Gasteiger charge is 2.35. The van der Waals surface area contributed by atoms with E-state index in [4.69, 9.17) is 9.47 Å². The molecule has 0 saturated heterocycles. The number of nitrogens with one attached hydrogen (secondary N) is 2. The van der Waals surface area contributed by atoms with Crippen molar-refractivity contribution in [3.8, 4) is 28.4 Å². The van der Waals surface area contributed by atoms with Crippen LogP contribution >= 0.6 is 0 Å². The Balaban J connectivity index is 1.23. The van der Waals surface area contributed by atoms with Gasteiger partial charge in [-0.1, -0.05) is 60.7 Å². The molecule has 1 aliphatic carbocycles. The molecule has 18 nitrogen and oxygen atoms in total. The van der Waals surface area contributed by atoms with Crippen LogP contribution in [0.25, 0.3) is 22.0 Å². The predicted molar refractivity (Wildman–Crippen MR) is 234 cm³/mol. The van der Waals surface area contributed by atoms with Crippen LogP contribution in [0.5, 0.6) is 17.2 Å². The summed E-state index contributed by atoms with van der Waals surface area (Å²) < 4.78 is 118. The molecule has 0 spiro atoms. The zero-order valence-corrected chi connectivity index (χ0v) is 35.7. The molecule has 1 heterocycles. The topological polar surface area (TPSA) is 279 Å². The second-order valence-corrected chi connectivity index (χ2v) is 18.6. The van der Waals surface area contributed by atoms with E-state index >= 15 is 0 Å². The number of ketones is 2. The van der Waals surface area contributed by atoms with Crippen LogP contribution in [0.2, 0.25) is 0 Å². The minimum Gasteiger partial charge on any atom is -0.484 e. The molecule has 0 fully saturated rings. The predicted octanol–water partition coefficient (Wildman–Crippen LogP) is 6.27. The third-order valence-electron chi connectivity index (χ3n) is 10.2. The average molecular weight is 938 g/mol. The highest BCUT2D eigenvalue weighted by molar-refractivity contribution is 7.87. The second kappa shape index (κ2) is 16.5. The Labute approximate surface area is 369 Å². The Hall–Kier alpha value is -7.53. The molecule has 1 aliphatic rings. The number of amides is 1. The number of hydrogen-bond acceptors (Lipinski definition) is 13. The number of para-hydroxylation sites is 1. The summed E-state index contributed by atoms with van der Waals surface area (Å²) in [5.74, 6) is -1.62. The molecule has 330 valence electrons. The van der Waals surface area contributed by atoms with Gasteiger partial charge in [-0.2, -0.15) is 25.3 Å². The normalized spacial score (nSPS) is 12.3. The number of hydrogen-bond donors (Lipinski definition) is 5. The zero-order valence-electron chi connectivity index (χ0n) is 33.2. The van der Waals surface area contributed by atoms with Crippen LogP contribution < -0.4 is 25.7 Å². The Morgan fingerprint density at radius 2 is 1.25 bits per heavy atom. The fraction of sp³-hybridized carbons (Fsp3) is 0.0455. The van der Waals surface area contributed by atoms with Crippen LogP contribution in [0.3, 0.4) is 0 Å². The van der Waals surface area contributed by atoms with Gasteiger partial charge in [0.1, 0.15) is 27.0 Å². The number of anilines is 3. The van der Waals surface area contributed by atoms with Crippen molar-refractivity contribution in [3.05, 3.63) is 160 Å². The molecule has 0 atom stereocenters. The minimum atomic E-state index is -5.37. The lowest BCUT2D eigenvalue weighted by Crippen LogP contribution is -2.29. The summed E-state index contributed by atoms with van der Waals surface area (Å²) in [4.78, 5) is 53.4. The quantitative estimate of drug-likeness (QED) is 0.0629. The monoisotopic (exact) mass is 937 g/mol.